The zero-order valence-electron chi connectivity index (χ0n) is 18.1. The molecule has 168 valence electrons. The van der Waals surface area contributed by atoms with E-state index in [0.717, 1.165) is 0 Å². The molecule has 0 spiro atoms. The van der Waals surface area contributed by atoms with E-state index in [-0.39, 0.29) is 23.8 Å². The maximum atomic E-state index is 11.5. The fraction of sp³-hybridized carbons (Fsp3) is 0.450. The molecule has 4 N–H and O–H groups in total. The van der Waals surface area contributed by atoms with Crippen LogP contribution >= 0.6 is 0 Å². The van der Waals surface area contributed by atoms with Crippen molar-refractivity contribution in [3.8, 4) is 11.5 Å². The Kier molecular flexibility index (Phi) is 8.35. The van der Waals surface area contributed by atoms with Gasteiger partial charge in [-0.3, -0.25) is 25.0 Å². The number of methoxy groups -OCH3 is 2. The number of carbonyl (C=O) groups is 2. The van der Waals surface area contributed by atoms with Crippen LogP contribution in [-0.4, -0.2) is 61.2 Å². The molecule has 0 unspecified atom stereocenters. The molecular weight excluding hydrogens is 404 g/mol. The molecule has 1 aromatic carbocycles. The summed E-state index contributed by atoms with van der Waals surface area (Å²) in [6.07, 6.45) is 1.40. The summed E-state index contributed by atoms with van der Waals surface area (Å²) >= 11 is 0. The normalized spacial score (nSPS) is 10.5. The van der Waals surface area contributed by atoms with E-state index in [1.165, 1.54) is 25.7 Å². The Morgan fingerprint density at radius 1 is 1.10 bits per heavy atom. The van der Waals surface area contributed by atoms with E-state index in [2.05, 4.69) is 20.4 Å². The molecule has 0 aliphatic heterocycles. The molecule has 0 saturated carbocycles. The van der Waals surface area contributed by atoms with Crippen LogP contribution in [0.3, 0.4) is 0 Å². The molecule has 0 bridgehead atoms. The lowest BCUT2D eigenvalue weighted by molar-refractivity contribution is -0.146. The van der Waals surface area contributed by atoms with Crippen LogP contribution in [0.2, 0.25) is 0 Å². The minimum Gasteiger partial charge on any atom is -0.493 e. The highest BCUT2D eigenvalue weighted by Crippen LogP contribution is 2.31. The molecule has 31 heavy (non-hydrogen) atoms. The average molecular weight is 432 g/mol. The molecule has 2 rings (SSSR count). The lowest BCUT2D eigenvalue weighted by Crippen LogP contribution is -2.30. The van der Waals surface area contributed by atoms with Crippen molar-refractivity contribution in [1.82, 2.24) is 14.9 Å². The number of hydrogen-bond acceptors (Lipinski definition) is 9. The van der Waals surface area contributed by atoms with E-state index >= 15 is 0 Å². The zero-order valence-corrected chi connectivity index (χ0v) is 18.1. The molecule has 11 heteroatoms. The van der Waals surface area contributed by atoms with Gasteiger partial charge in [-0.1, -0.05) is 0 Å². The highest BCUT2D eigenvalue weighted by Gasteiger charge is 2.14. The topological polar surface area (TPSA) is 151 Å². The molecule has 11 nitrogen and oxygen atoms in total. The molecule has 0 aliphatic rings. The second kappa shape index (κ2) is 11.0. The number of amides is 1. The Morgan fingerprint density at radius 2 is 1.74 bits per heavy atom. The summed E-state index contributed by atoms with van der Waals surface area (Å²) in [5, 5.41) is 22.3. The number of aromatic nitrogens is 2. The van der Waals surface area contributed by atoms with E-state index < -0.39 is 5.97 Å². The van der Waals surface area contributed by atoms with Gasteiger partial charge >= 0.3 is 5.97 Å². The van der Waals surface area contributed by atoms with Crippen LogP contribution in [0, 0.1) is 10.8 Å². The highest BCUT2D eigenvalue weighted by molar-refractivity contribution is 5.92. The summed E-state index contributed by atoms with van der Waals surface area (Å²) < 4.78 is 16.8. The molecule has 0 atom stereocenters. The molecule has 1 aromatic heterocycles. The Balaban J connectivity index is 2.06. The van der Waals surface area contributed by atoms with Crippen molar-refractivity contribution in [1.29, 1.82) is 10.8 Å². The lowest BCUT2D eigenvalue weighted by Gasteiger charge is -2.16. The lowest BCUT2D eigenvalue weighted by atomic mass is 10.2. The Bertz CT molecular complexity index is 1030. The first kappa shape index (κ1) is 23.6. The molecule has 0 fully saturated rings. The van der Waals surface area contributed by atoms with Crippen LogP contribution in [0.25, 0.3) is 11.0 Å². The first-order valence-corrected chi connectivity index (χ1v) is 9.71. The largest absolute Gasteiger partial charge is 0.493 e. The van der Waals surface area contributed by atoms with Gasteiger partial charge in [0.15, 0.2) is 29.4 Å². The van der Waals surface area contributed by atoms with Crippen LogP contribution in [0.4, 0.5) is 5.82 Å². The summed E-state index contributed by atoms with van der Waals surface area (Å²) in [6, 6.07) is 3.40. The van der Waals surface area contributed by atoms with Gasteiger partial charge < -0.3 is 24.8 Å². The summed E-state index contributed by atoms with van der Waals surface area (Å²) in [5.41, 5.74) is 1.18. The number of ether oxygens (including phenoxy) is 3. The predicted octanol–water partition coefficient (Wildman–Crippen LogP) is 1.25. The Morgan fingerprint density at radius 3 is 2.35 bits per heavy atom. The van der Waals surface area contributed by atoms with Crippen molar-refractivity contribution in [3.63, 3.8) is 0 Å². The van der Waals surface area contributed by atoms with Gasteiger partial charge in [-0.2, -0.15) is 0 Å². The molecular formula is C20H28N6O5. The Hall–Kier alpha value is -3.63. The van der Waals surface area contributed by atoms with Crippen molar-refractivity contribution in [2.45, 2.75) is 26.7 Å². The van der Waals surface area contributed by atoms with Crippen molar-refractivity contribution in [2.24, 2.45) is 0 Å². The fourth-order valence-electron chi connectivity index (χ4n) is 2.90. The van der Waals surface area contributed by atoms with Crippen LogP contribution < -0.4 is 25.6 Å². The van der Waals surface area contributed by atoms with E-state index in [4.69, 9.17) is 20.3 Å². The summed E-state index contributed by atoms with van der Waals surface area (Å²) in [6.45, 7) is 3.52. The smallest absolute Gasteiger partial charge is 0.303 e. The van der Waals surface area contributed by atoms with E-state index in [0.29, 0.717) is 54.3 Å². The summed E-state index contributed by atoms with van der Waals surface area (Å²) in [4.78, 5) is 26.7. The Labute approximate surface area is 179 Å². The van der Waals surface area contributed by atoms with Gasteiger partial charge in [-0.05, 0) is 19.8 Å². The number of unbranched alkanes of at least 4 members (excludes halogenated alkanes) is 1. The van der Waals surface area contributed by atoms with E-state index in [9.17, 15) is 9.59 Å². The minimum atomic E-state index is -0.498. The molecule has 1 heterocycles. The van der Waals surface area contributed by atoms with E-state index in [1.807, 2.05) is 0 Å². The fourth-order valence-corrected chi connectivity index (χ4v) is 2.90. The van der Waals surface area contributed by atoms with Crippen LogP contribution in [0.15, 0.2) is 12.1 Å². The van der Waals surface area contributed by atoms with Crippen molar-refractivity contribution < 1.29 is 23.8 Å². The number of esters is 1. The second-order valence-corrected chi connectivity index (χ2v) is 6.69. The quantitative estimate of drug-likeness (QED) is 0.191. The zero-order chi connectivity index (χ0) is 23.0. The first-order chi connectivity index (χ1) is 14.8. The molecule has 0 aliphatic carbocycles. The average Bonchev–Trinajstić information content (AvgIpc) is 2.73. The third-order valence-electron chi connectivity index (χ3n) is 4.36. The number of carbonyl (C=O) groups excluding carboxylic acids is 2. The molecule has 2 aromatic rings. The molecule has 0 radical (unpaired) electrons. The summed E-state index contributed by atoms with van der Waals surface area (Å²) in [5.74, 6) is 0.655. The number of rotatable bonds is 10. The molecule has 1 amide bonds. The van der Waals surface area contributed by atoms with Gasteiger partial charge in [0.1, 0.15) is 5.84 Å². The first-order valence-electron chi connectivity index (χ1n) is 9.71. The maximum absolute atomic E-state index is 11.5. The number of hydrogen-bond donors (Lipinski definition) is 4. The van der Waals surface area contributed by atoms with Crippen molar-refractivity contribution >= 4 is 34.6 Å². The third kappa shape index (κ3) is 6.17. The number of nitrogens with one attached hydrogen (secondary N) is 4. The van der Waals surface area contributed by atoms with Crippen molar-refractivity contribution in [2.75, 3.05) is 39.2 Å². The van der Waals surface area contributed by atoms with Gasteiger partial charge in [0.25, 0.3) is 5.91 Å². The molecule has 0 saturated heterocycles. The van der Waals surface area contributed by atoms with Gasteiger partial charge in [-0.15, -0.1) is 0 Å². The number of nitrogens with zero attached hydrogens (tertiary/aromatic N) is 2. The van der Waals surface area contributed by atoms with Gasteiger partial charge in [0, 0.05) is 32.1 Å². The standard InChI is InChI=1S/C20H28N6O5/c1-12(21)26-15-10-17(30-4)16(29-3)9-14(15)25-20(19(26)22)24-8-6-5-7-23-18(28)11-31-13(2)27/h9-10,21-22H,5-8,11H2,1-4H3,(H,23,28)(H,24,25). The SMILES string of the molecule is COc1cc2nc(NCCCCNC(=O)COC(C)=O)c(=N)n(C(C)=N)c2cc1OC. The van der Waals surface area contributed by atoms with Crippen molar-refractivity contribution in [3.05, 3.63) is 17.6 Å². The monoisotopic (exact) mass is 432 g/mol. The third-order valence-corrected chi connectivity index (χ3v) is 4.36. The minimum absolute atomic E-state index is 0.0573. The number of fused-ring (bicyclic) bond motifs is 1. The van der Waals surface area contributed by atoms with Crippen LogP contribution in [-0.2, 0) is 14.3 Å². The number of anilines is 1. The van der Waals surface area contributed by atoms with E-state index in [1.54, 1.807) is 19.1 Å². The predicted molar refractivity (Wildman–Crippen MR) is 115 cm³/mol. The van der Waals surface area contributed by atoms with Crippen LogP contribution in [0.5, 0.6) is 11.5 Å². The van der Waals surface area contributed by atoms with Gasteiger partial charge in [0.05, 0.1) is 25.3 Å². The van der Waals surface area contributed by atoms with Crippen LogP contribution in [0.1, 0.15) is 26.7 Å². The van der Waals surface area contributed by atoms with Gasteiger partial charge in [-0.25, -0.2) is 4.98 Å². The van der Waals surface area contributed by atoms with Gasteiger partial charge in [0.2, 0.25) is 0 Å². The maximum Gasteiger partial charge on any atom is 0.303 e. The number of benzene rings is 1. The summed E-state index contributed by atoms with van der Waals surface area (Å²) in [7, 11) is 3.05. The second-order valence-electron chi connectivity index (χ2n) is 6.69. The highest BCUT2D eigenvalue weighted by atomic mass is 16.5.